The van der Waals surface area contributed by atoms with Crippen LogP contribution in [0.15, 0.2) is 85.1 Å². The van der Waals surface area contributed by atoms with Gasteiger partial charge in [0.2, 0.25) is 5.91 Å². The standard InChI is InChI=1S/C76H141N2O6P/c1-6-8-10-12-14-16-18-20-22-24-26-28-30-32-34-36-38-39-40-42-44-46-48-50-52-54-56-58-60-62-64-66-68-70-76(80)77-74(73-84-85(81,82)83-72-71-78(3,4)5)75(79)69-67-65-63-61-59-57-55-53-51-49-47-45-43-41-37-35-33-31-29-27-25-23-21-19-17-15-13-11-9-7-2/h8,10,14,16,20,22,26,28,32,34,59,61,67,69,74-75,79H,6-7,9,11-13,15,17-19,21,23-25,27,29-31,33,35-58,60,62-66,68,70-73H2,1-5H3,(H-,77,80,81,82)/b10-8-,16-14-,22-20-,28-26-,34-32-,61-59+,69-67+. The molecule has 8 nitrogen and oxygen atoms in total. The first-order valence-corrected chi connectivity index (χ1v) is 37.9. The molecule has 0 aromatic rings. The molecule has 0 bridgehead atoms. The van der Waals surface area contributed by atoms with E-state index in [1.807, 2.05) is 27.2 Å². The topological polar surface area (TPSA) is 108 Å². The van der Waals surface area contributed by atoms with Crippen LogP contribution in [0.3, 0.4) is 0 Å². The second-order valence-corrected chi connectivity index (χ2v) is 27.3. The number of hydrogen-bond acceptors (Lipinski definition) is 6. The number of nitrogens with zero attached hydrogens (tertiary/aromatic N) is 1. The van der Waals surface area contributed by atoms with Crippen LogP contribution in [0.25, 0.3) is 0 Å². The first kappa shape index (κ1) is 82.7. The first-order chi connectivity index (χ1) is 41.5. The quantitative estimate of drug-likeness (QED) is 0.0272. The summed E-state index contributed by atoms with van der Waals surface area (Å²) < 4.78 is 23.5. The molecule has 0 aromatic heterocycles. The van der Waals surface area contributed by atoms with Gasteiger partial charge in [-0.05, 0) is 77.0 Å². The second-order valence-electron chi connectivity index (χ2n) is 25.9. The first-order valence-electron chi connectivity index (χ1n) is 36.4. The second kappa shape index (κ2) is 66.1. The van der Waals surface area contributed by atoms with Gasteiger partial charge in [0.1, 0.15) is 13.2 Å². The molecule has 0 spiro atoms. The molecule has 0 aliphatic carbocycles. The van der Waals surface area contributed by atoms with Crippen molar-refractivity contribution in [3.05, 3.63) is 85.1 Å². The lowest BCUT2D eigenvalue weighted by Gasteiger charge is -2.29. The third-order valence-electron chi connectivity index (χ3n) is 16.3. The lowest BCUT2D eigenvalue weighted by Crippen LogP contribution is -2.45. The normalized spacial score (nSPS) is 14.1. The van der Waals surface area contributed by atoms with Crippen molar-refractivity contribution in [2.45, 2.75) is 353 Å². The van der Waals surface area contributed by atoms with Crippen molar-refractivity contribution in [1.82, 2.24) is 5.32 Å². The number of carbonyl (C=O) groups is 1. The molecule has 0 aromatic carbocycles. The van der Waals surface area contributed by atoms with E-state index >= 15 is 0 Å². The summed E-state index contributed by atoms with van der Waals surface area (Å²) in [5, 5.41) is 14.0. The van der Waals surface area contributed by atoms with Crippen molar-refractivity contribution >= 4 is 13.7 Å². The molecule has 85 heavy (non-hydrogen) atoms. The van der Waals surface area contributed by atoms with Crippen LogP contribution in [-0.2, 0) is 18.4 Å². The van der Waals surface area contributed by atoms with E-state index in [-0.39, 0.29) is 12.5 Å². The van der Waals surface area contributed by atoms with Gasteiger partial charge < -0.3 is 28.8 Å². The van der Waals surface area contributed by atoms with E-state index in [0.717, 1.165) is 70.6 Å². The Balaban J connectivity index is 4.07. The van der Waals surface area contributed by atoms with Gasteiger partial charge in [0.15, 0.2) is 0 Å². The molecule has 0 aliphatic heterocycles. The van der Waals surface area contributed by atoms with Crippen molar-refractivity contribution in [2.75, 3.05) is 40.9 Å². The molecule has 2 N–H and O–H groups in total. The smallest absolute Gasteiger partial charge is 0.268 e. The predicted octanol–water partition coefficient (Wildman–Crippen LogP) is 22.9. The van der Waals surface area contributed by atoms with Crippen molar-refractivity contribution in [2.24, 2.45) is 0 Å². The van der Waals surface area contributed by atoms with E-state index in [4.69, 9.17) is 9.05 Å². The average Bonchev–Trinajstić information content (AvgIpc) is 3.49. The van der Waals surface area contributed by atoms with Gasteiger partial charge in [0.25, 0.3) is 7.82 Å². The van der Waals surface area contributed by atoms with Gasteiger partial charge in [-0.25, -0.2) is 0 Å². The summed E-state index contributed by atoms with van der Waals surface area (Å²) >= 11 is 0. The number of quaternary nitrogens is 1. The Hall–Kier alpha value is -2.32. The van der Waals surface area contributed by atoms with Crippen LogP contribution < -0.4 is 10.2 Å². The molecular weight excluding hydrogens is 1070 g/mol. The molecule has 3 atom stereocenters. The zero-order valence-corrected chi connectivity index (χ0v) is 57.7. The zero-order chi connectivity index (χ0) is 61.9. The number of aliphatic hydroxyl groups is 1. The predicted molar refractivity (Wildman–Crippen MR) is 371 cm³/mol. The Kier molecular flexibility index (Phi) is 64.3. The summed E-state index contributed by atoms with van der Waals surface area (Å²) in [5.41, 5.74) is 0. The van der Waals surface area contributed by atoms with E-state index in [1.165, 1.54) is 250 Å². The van der Waals surface area contributed by atoms with Crippen molar-refractivity contribution in [3.8, 4) is 0 Å². The number of rotatable bonds is 67. The number of unbranched alkanes of at least 4 members (excludes halogenated alkanes) is 42. The Labute approximate surface area is 528 Å². The minimum atomic E-state index is -4.62. The molecular formula is C76H141N2O6P. The van der Waals surface area contributed by atoms with Crippen LogP contribution in [-0.4, -0.2) is 68.5 Å². The molecule has 3 unspecified atom stereocenters. The maximum Gasteiger partial charge on any atom is 0.268 e. The fourth-order valence-corrected chi connectivity index (χ4v) is 11.5. The van der Waals surface area contributed by atoms with Crippen molar-refractivity contribution < 1.29 is 32.9 Å². The lowest BCUT2D eigenvalue weighted by atomic mass is 10.0. The number of carbonyl (C=O) groups excluding carboxylic acids is 1. The molecule has 0 aliphatic rings. The summed E-state index contributed by atoms with van der Waals surface area (Å²) in [7, 11) is 1.25. The molecule has 0 saturated carbocycles. The van der Waals surface area contributed by atoms with Crippen LogP contribution in [0, 0.1) is 0 Å². The van der Waals surface area contributed by atoms with Crippen LogP contribution in [0.5, 0.6) is 0 Å². The van der Waals surface area contributed by atoms with Gasteiger partial charge >= 0.3 is 0 Å². The van der Waals surface area contributed by atoms with Gasteiger partial charge in [-0.15, -0.1) is 0 Å². The number of likely N-dealkylation sites (N-methyl/N-ethyl adjacent to an activating group) is 1. The van der Waals surface area contributed by atoms with E-state index in [2.05, 4.69) is 92.1 Å². The average molecular weight is 1210 g/mol. The molecule has 1 amide bonds. The van der Waals surface area contributed by atoms with Crippen molar-refractivity contribution in [1.29, 1.82) is 0 Å². The minimum Gasteiger partial charge on any atom is -0.756 e. The van der Waals surface area contributed by atoms with Crippen molar-refractivity contribution in [3.63, 3.8) is 0 Å². The SMILES string of the molecule is CC/C=C\C/C=C\C/C=C\C/C=C\C/C=C\CCCCCCCCCCCCCCCCCCCC(=O)NC(COP(=O)([O-])OCC[N+](C)(C)C)C(O)/C=C/CC/C=C/CCCCCCCCCCCCCCCCCCCCCCCCCC. The third-order valence-corrected chi connectivity index (χ3v) is 17.3. The van der Waals surface area contributed by atoms with E-state index in [9.17, 15) is 19.4 Å². The van der Waals surface area contributed by atoms with E-state index < -0.39 is 26.6 Å². The highest BCUT2D eigenvalue weighted by Crippen LogP contribution is 2.38. The van der Waals surface area contributed by atoms with Crippen LogP contribution >= 0.6 is 7.82 Å². The molecule has 9 heteroatoms. The molecule has 0 heterocycles. The maximum atomic E-state index is 13.0. The zero-order valence-electron chi connectivity index (χ0n) is 56.8. The Morgan fingerprint density at radius 1 is 0.424 bits per heavy atom. The molecule has 496 valence electrons. The van der Waals surface area contributed by atoms with E-state index in [1.54, 1.807) is 6.08 Å². The number of amides is 1. The Bertz CT molecular complexity index is 1660. The highest BCUT2D eigenvalue weighted by molar-refractivity contribution is 7.45. The van der Waals surface area contributed by atoms with E-state index in [0.29, 0.717) is 17.4 Å². The molecule has 0 radical (unpaired) electrons. The van der Waals surface area contributed by atoms with Crippen LogP contribution in [0.1, 0.15) is 341 Å². The van der Waals surface area contributed by atoms with Gasteiger partial charge in [-0.1, -0.05) is 343 Å². The fourth-order valence-electron chi connectivity index (χ4n) is 10.7. The number of allylic oxidation sites excluding steroid dienone is 13. The summed E-state index contributed by atoms with van der Waals surface area (Å²) in [5.74, 6) is -0.204. The number of phosphoric ester groups is 1. The monoisotopic (exact) mass is 1210 g/mol. The Morgan fingerprint density at radius 3 is 1.09 bits per heavy atom. The van der Waals surface area contributed by atoms with Gasteiger partial charge in [0.05, 0.1) is 39.9 Å². The highest BCUT2D eigenvalue weighted by Gasteiger charge is 2.23. The third kappa shape index (κ3) is 69.0. The number of aliphatic hydroxyl groups excluding tert-OH is 1. The van der Waals surface area contributed by atoms with Gasteiger partial charge in [-0.2, -0.15) is 0 Å². The molecule has 0 fully saturated rings. The molecule has 0 saturated heterocycles. The summed E-state index contributed by atoms with van der Waals surface area (Å²) in [6.45, 7) is 4.56. The maximum absolute atomic E-state index is 13.0. The highest BCUT2D eigenvalue weighted by atomic mass is 31.2. The number of hydrogen-bond donors (Lipinski definition) is 2. The van der Waals surface area contributed by atoms with Crippen LogP contribution in [0.2, 0.25) is 0 Å². The van der Waals surface area contributed by atoms with Gasteiger partial charge in [-0.3, -0.25) is 9.36 Å². The lowest BCUT2D eigenvalue weighted by molar-refractivity contribution is -0.870. The largest absolute Gasteiger partial charge is 0.756 e. The number of nitrogens with one attached hydrogen (secondary N) is 1. The summed E-state index contributed by atoms with van der Waals surface area (Å²) in [6, 6.07) is -0.909. The molecule has 0 rings (SSSR count). The van der Waals surface area contributed by atoms with Crippen LogP contribution in [0.4, 0.5) is 0 Å². The fraction of sp³-hybridized carbons (Fsp3) is 0.803. The van der Waals surface area contributed by atoms with Gasteiger partial charge in [0, 0.05) is 6.42 Å². The Morgan fingerprint density at radius 2 is 0.729 bits per heavy atom. The minimum absolute atomic E-state index is 0.00770. The summed E-state index contributed by atoms with van der Waals surface area (Å²) in [4.78, 5) is 25.7. The number of phosphoric acid groups is 1. The summed E-state index contributed by atoms with van der Waals surface area (Å²) in [6.07, 6.45) is 94.4.